The lowest BCUT2D eigenvalue weighted by Crippen LogP contribution is -2.33. The zero-order valence-electron chi connectivity index (χ0n) is 10.0. The summed E-state index contributed by atoms with van der Waals surface area (Å²) >= 11 is 0. The number of hydrogen-bond acceptors (Lipinski definition) is 3. The Kier molecular flexibility index (Phi) is 4.78. The van der Waals surface area contributed by atoms with Crippen LogP contribution in [0, 0.1) is 0 Å². The van der Waals surface area contributed by atoms with Crippen molar-refractivity contribution in [1.82, 2.24) is 15.1 Å². The topological polar surface area (TPSA) is 39.1 Å². The molecule has 0 aromatic carbocycles. The van der Waals surface area contributed by atoms with E-state index in [1.807, 2.05) is 44.9 Å². The van der Waals surface area contributed by atoms with Gasteiger partial charge in [-0.05, 0) is 27.0 Å². The minimum absolute atomic E-state index is 0.282. The van der Waals surface area contributed by atoms with E-state index in [9.17, 15) is 0 Å². The molecule has 86 valence electrons. The first-order valence-corrected chi connectivity index (χ1v) is 5.39. The molecule has 0 radical (unpaired) electrons. The molecule has 1 rings (SSSR count). The monoisotopic (exact) mass is 211 g/mol. The Bertz CT molecular complexity index is 283. The second-order valence-electron chi connectivity index (χ2n) is 4.05. The van der Waals surface area contributed by atoms with Crippen LogP contribution in [0.3, 0.4) is 0 Å². The normalized spacial score (nSPS) is 13.4. The molecule has 1 aromatic rings. The number of ether oxygens (including phenoxy) is 1. The van der Waals surface area contributed by atoms with Crippen LogP contribution >= 0.6 is 0 Å². The first-order chi connectivity index (χ1) is 7.11. The average Bonchev–Trinajstić information content (AvgIpc) is 2.58. The number of aromatic nitrogens is 2. The van der Waals surface area contributed by atoms with E-state index < -0.39 is 0 Å². The molecule has 0 saturated carbocycles. The van der Waals surface area contributed by atoms with E-state index in [1.165, 1.54) is 0 Å². The number of likely N-dealkylation sites (N-methyl/N-ethyl adjacent to an activating group) is 1. The third kappa shape index (κ3) is 4.44. The Balaban J connectivity index is 2.39. The van der Waals surface area contributed by atoms with E-state index in [0.29, 0.717) is 6.04 Å². The maximum absolute atomic E-state index is 5.58. The SMILES string of the molecule is CNC(COC(C)C)Cc1ccn(C)n1. The first kappa shape index (κ1) is 12.2. The number of hydrogen-bond donors (Lipinski definition) is 1. The van der Waals surface area contributed by atoms with Crippen molar-refractivity contribution in [3.8, 4) is 0 Å². The van der Waals surface area contributed by atoms with Gasteiger partial charge in [-0.2, -0.15) is 5.10 Å². The van der Waals surface area contributed by atoms with Gasteiger partial charge in [0.25, 0.3) is 0 Å². The predicted octanol–water partition coefficient (Wildman–Crippen LogP) is 0.976. The third-order valence-electron chi connectivity index (χ3n) is 2.26. The van der Waals surface area contributed by atoms with Gasteiger partial charge in [-0.1, -0.05) is 0 Å². The fourth-order valence-corrected chi connectivity index (χ4v) is 1.38. The Morgan fingerprint density at radius 3 is 2.73 bits per heavy atom. The molecule has 1 N–H and O–H groups in total. The third-order valence-corrected chi connectivity index (χ3v) is 2.26. The highest BCUT2D eigenvalue weighted by Gasteiger charge is 2.10. The van der Waals surface area contributed by atoms with Crippen LogP contribution < -0.4 is 5.32 Å². The summed E-state index contributed by atoms with van der Waals surface area (Å²) in [5.74, 6) is 0. The van der Waals surface area contributed by atoms with Crippen molar-refractivity contribution in [3.05, 3.63) is 18.0 Å². The Morgan fingerprint density at radius 1 is 1.53 bits per heavy atom. The Labute approximate surface area is 91.6 Å². The largest absolute Gasteiger partial charge is 0.377 e. The Morgan fingerprint density at radius 2 is 2.27 bits per heavy atom. The number of nitrogens with zero attached hydrogens (tertiary/aromatic N) is 2. The van der Waals surface area contributed by atoms with Crippen molar-refractivity contribution in [2.75, 3.05) is 13.7 Å². The highest BCUT2D eigenvalue weighted by Crippen LogP contribution is 2.01. The zero-order chi connectivity index (χ0) is 11.3. The second kappa shape index (κ2) is 5.88. The quantitative estimate of drug-likeness (QED) is 0.762. The van der Waals surface area contributed by atoms with Gasteiger partial charge in [0.2, 0.25) is 0 Å². The number of aryl methyl sites for hydroxylation is 1. The summed E-state index contributed by atoms with van der Waals surface area (Å²) < 4.78 is 7.40. The van der Waals surface area contributed by atoms with Crippen molar-refractivity contribution < 1.29 is 4.74 Å². The van der Waals surface area contributed by atoms with E-state index in [1.54, 1.807) is 0 Å². The maximum atomic E-state index is 5.58. The van der Waals surface area contributed by atoms with Crippen LogP contribution in [0.25, 0.3) is 0 Å². The van der Waals surface area contributed by atoms with E-state index >= 15 is 0 Å². The lowest BCUT2D eigenvalue weighted by Gasteiger charge is -2.16. The van der Waals surface area contributed by atoms with E-state index in [4.69, 9.17) is 4.74 Å². The lowest BCUT2D eigenvalue weighted by atomic mass is 10.2. The van der Waals surface area contributed by atoms with Crippen LogP contribution in [-0.2, 0) is 18.2 Å². The summed E-state index contributed by atoms with van der Waals surface area (Å²) in [6.45, 7) is 4.83. The Hall–Kier alpha value is -0.870. The molecule has 0 aliphatic heterocycles. The van der Waals surface area contributed by atoms with Gasteiger partial charge in [-0.3, -0.25) is 4.68 Å². The molecule has 4 nitrogen and oxygen atoms in total. The van der Waals surface area contributed by atoms with E-state index in [2.05, 4.69) is 10.4 Å². The van der Waals surface area contributed by atoms with Crippen molar-refractivity contribution >= 4 is 0 Å². The number of nitrogens with one attached hydrogen (secondary N) is 1. The molecule has 0 bridgehead atoms. The highest BCUT2D eigenvalue weighted by molar-refractivity contribution is 5.01. The molecule has 0 aliphatic rings. The molecule has 1 aromatic heterocycles. The van der Waals surface area contributed by atoms with Crippen LogP contribution in [0.1, 0.15) is 19.5 Å². The number of rotatable bonds is 6. The van der Waals surface area contributed by atoms with Gasteiger partial charge in [-0.25, -0.2) is 0 Å². The second-order valence-corrected chi connectivity index (χ2v) is 4.05. The smallest absolute Gasteiger partial charge is 0.0640 e. The van der Waals surface area contributed by atoms with Crippen LogP contribution in [0.15, 0.2) is 12.3 Å². The molecule has 15 heavy (non-hydrogen) atoms. The average molecular weight is 211 g/mol. The maximum Gasteiger partial charge on any atom is 0.0640 e. The molecule has 0 spiro atoms. The lowest BCUT2D eigenvalue weighted by molar-refractivity contribution is 0.0626. The minimum atomic E-state index is 0.282. The summed E-state index contributed by atoms with van der Waals surface area (Å²) in [7, 11) is 3.89. The van der Waals surface area contributed by atoms with E-state index in [0.717, 1.165) is 18.7 Å². The molecule has 4 heteroatoms. The standard InChI is InChI=1S/C11H21N3O/c1-9(2)15-8-11(12-3)7-10-5-6-14(4)13-10/h5-6,9,11-12H,7-8H2,1-4H3. The fraction of sp³-hybridized carbons (Fsp3) is 0.727. The van der Waals surface area contributed by atoms with Crippen molar-refractivity contribution in [2.45, 2.75) is 32.4 Å². The van der Waals surface area contributed by atoms with E-state index in [-0.39, 0.29) is 6.10 Å². The van der Waals surface area contributed by atoms with Gasteiger partial charge in [0.05, 0.1) is 18.4 Å². The molecular formula is C11H21N3O. The van der Waals surface area contributed by atoms with Gasteiger partial charge < -0.3 is 10.1 Å². The molecule has 1 heterocycles. The van der Waals surface area contributed by atoms with Crippen LogP contribution in [0.4, 0.5) is 0 Å². The van der Waals surface area contributed by atoms with Crippen LogP contribution in [-0.4, -0.2) is 35.6 Å². The summed E-state index contributed by atoms with van der Waals surface area (Å²) in [5, 5.41) is 7.59. The van der Waals surface area contributed by atoms with Gasteiger partial charge in [-0.15, -0.1) is 0 Å². The van der Waals surface area contributed by atoms with Gasteiger partial charge >= 0.3 is 0 Å². The molecule has 1 unspecified atom stereocenters. The molecule has 0 saturated heterocycles. The summed E-state index contributed by atoms with van der Waals surface area (Å²) in [5.41, 5.74) is 1.10. The highest BCUT2D eigenvalue weighted by atomic mass is 16.5. The predicted molar refractivity (Wildman–Crippen MR) is 60.8 cm³/mol. The molecule has 1 atom stereocenters. The fourth-order valence-electron chi connectivity index (χ4n) is 1.38. The van der Waals surface area contributed by atoms with Gasteiger partial charge in [0.1, 0.15) is 0 Å². The van der Waals surface area contributed by atoms with Crippen molar-refractivity contribution in [2.24, 2.45) is 7.05 Å². The van der Waals surface area contributed by atoms with Crippen molar-refractivity contribution in [1.29, 1.82) is 0 Å². The van der Waals surface area contributed by atoms with Crippen molar-refractivity contribution in [3.63, 3.8) is 0 Å². The summed E-state index contributed by atoms with van der Waals surface area (Å²) in [6.07, 6.45) is 3.15. The van der Waals surface area contributed by atoms with Gasteiger partial charge in [0, 0.05) is 25.7 Å². The summed E-state index contributed by atoms with van der Waals surface area (Å²) in [4.78, 5) is 0. The van der Waals surface area contributed by atoms with Crippen LogP contribution in [0.2, 0.25) is 0 Å². The molecule has 0 aliphatic carbocycles. The molecular weight excluding hydrogens is 190 g/mol. The van der Waals surface area contributed by atoms with Gasteiger partial charge in [0.15, 0.2) is 0 Å². The zero-order valence-corrected chi connectivity index (χ0v) is 10.0. The molecule has 0 amide bonds. The summed E-state index contributed by atoms with van der Waals surface area (Å²) in [6, 6.07) is 2.38. The van der Waals surface area contributed by atoms with Crippen LogP contribution in [0.5, 0.6) is 0 Å². The minimum Gasteiger partial charge on any atom is -0.377 e. The molecule has 0 fully saturated rings. The first-order valence-electron chi connectivity index (χ1n) is 5.39.